The summed E-state index contributed by atoms with van der Waals surface area (Å²) in [5.41, 5.74) is 3.79. The first-order valence-corrected chi connectivity index (χ1v) is 12.7. The van der Waals surface area contributed by atoms with Crippen LogP contribution in [0.3, 0.4) is 0 Å². The van der Waals surface area contributed by atoms with Gasteiger partial charge in [-0.3, -0.25) is 14.4 Å². The molecule has 206 valence electrons. The van der Waals surface area contributed by atoms with Crippen LogP contribution in [0.25, 0.3) is 0 Å². The lowest BCUT2D eigenvalue weighted by Crippen LogP contribution is -2.31. The van der Waals surface area contributed by atoms with Crippen molar-refractivity contribution >= 4 is 17.3 Å². The fourth-order valence-corrected chi connectivity index (χ4v) is 6.25. The summed E-state index contributed by atoms with van der Waals surface area (Å²) in [6.07, 6.45) is 0. The SMILES string of the molecule is COc1cc(OC)c2c(c1)C(C1c3cc(C)cc(O)c3C(=O)c3c(OC)cc(OC)cc31)C(C)=C(C(C)=O)C2=O. The Hall–Kier alpha value is -4.59. The average Bonchev–Trinajstić information content (AvgIpc) is 2.92. The third-order valence-electron chi connectivity index (χ3n) is 7.88. The normalized spacial score (nSPS) is 17.6. The van der Waals surface area contributed by atoms with Crippen LogP contribution in [0.5, 0.6) is 28.7 Å². The van der Waals surface area contributed by atoms with E-state index in [2.05, 4.69) is 0 Å². The number of aromatic hydroxyl groups is 1. The summed E-state index contributed by atoms with van der Waals surface area (Å²) in [5.74, 6) is -1.07. The summed E-state index contributed by atoms with van der Waals surface area (Å²) >= 11 is 0. The Morgan fingerprint density at radius 1 is 0.675 bits per heavy atom. The first-order chi connectivity index (χ1) is 19.1. The standard InChI is InChI=1S/C32H30O8/c1-14-8-19-27(21-11-18(38-5)13-24(40-7)30(21)32(36)28(19)22(34)9-14)26-15(2)25(16(3)33)31(35)29-20(26)10-17(37-4)12-23(29)39-6/h8-13,26-27,34H,1-7H3. The van der Waals surface area contributed by atoms with Gasteiger partial charge in [0, 0.05) is 24.0 Å². The van der Waals surface area contributed by atoms with Gasteiger partial charge in [0.15, 0.2) is 5.78 Å². The molecule has 2 unspecified atom stereocenters. The molecule has 2 atom stereocenters. The van der Waals surface area contributed by atoms with Crippen molar-refractivity contribution in [2.75, 3.05) is 28.4 Å². The predicted octanol–water partition coefficient (Wildman–Crippen LogP) is 5.30. The van der Waals surface area contributed by atoms with Gasteiger partial charge in [-0.05, 0) is 61.2 Å². The fourth-order valence-electron chi connectivity index (χ4n) is 6.25. The second-order valence-electron chi connectivity index (χ2n) is 10.1. The molecular formula is C32H30O8. The lowest BCUT2D eigenvalue weighted by molar-refractivity contribution is -0.113. The number of aryl methyl sites for hydroxylation is 1. The Morgan fingerprint density at radius 3 is 1.68 bits per heavy atom. The number of methoxy groups -OCH3 is 4. The van der Waals surface area contributed by atoms with Gasteiger partial charge in [0.25, 0.3) is 0 Å². The summed E-state index contributed by atoms with van der Waals surface area (Å²) in [5, 5.41) is 11.1. The van der Waals surface area contributed by atoms with E-state index < -0.39 is 17.6 Å². The number of ketones is 3. The van der Waals surface area contributed by atoms with Crippen molar-refractivity contribution in [2.45, 2.75) is 32.6 Å². The lowest BCUT2D eigenvalue weighted by atomic mass is 9.63. The maximum atomic E-state index is 14.0. The Labute approximate surface area is 232 Å². The molecule has 0 aliphatic heterocycles. The van der Waals surface area contributed by atoms with E-state index in [1.54, 1.807) is 37.3 Å². The van der Waals surface area contributed by atoms with Crippen LogP contribution in [0.15, 0.2) is 47.5 Å². The molecule has 8 heteroatoms. The van der Waals surface area contributed by atoms with Crippen LogP contribution in [0.2, 0.25) is 0 Å². The van der Waals surface area contributed by atoms with Gasteiger partial charge < -0.3 is 24.1 Å². The van der Waals surface area contributed by atoms with Crippen molar-refractivity contribution in [3.8, 4) is 28.7 Å². The van der Waals surface area contributed by atoms with E-state index in [0.29, 0.717) is 39.5 Å². The minimum atomic E-state index is -0.615. The second kappa shape index (κ2) is 9.86. The summed E-state index contributed by atoms with van der Waals surface area (Å²) in [7, 11) is 5.96. The van der Waals surface area contributed by atoms with E-state index in [9.17, 15) is 19.5 Å². The summed E-state index contributed by atoms with van der Waals surface area (Å²) < 4.78 is 22.4. The van der Waals surface area contributed by atoms with E-state index in [0.717, 1.165) is 5.56 Å². The first kappa shape index (κ1) is 27.0. The number of fused-ring (bicyclic) bond motifs is 3. The minimum Gasteiger partial charge on any atom is -0.507 e. The number of allylic oxidation sites excluding steroid dienone is 2. The average molecular weight is 543 g/mol. The van der Waals surface area contributed by atoms with Crippen molar-refractivity contribution < 1.29 is 38.4 Å². The number of hydrogen-bond donors (Lipinski definition) is 1. The monoisotopic (exact) mass is 542 g/mol. The van der Waals surface area contributed by atoms with Crippen molar-refractivity contribution in [3.05, 3.63) is 86.5 Å². The molecule has 0 fully saturated rings. The third kappa shape index (κ3) is 3.86. The van der Waals surface area contributed by atoms with Crippen molar-refractivity contribution in [1.82, 2.24) is 0 Å². The molecule has 0 heterocycles. The van der Waals surface area contributed by atoms with E-state index >= 15 is 0 Å². The number of benzene rings is 3. The Bertz CT molecular complexity index is 1650. The van der Waals surface area contributed by atoms with Crippen LogP contribution in [-0.2, 0) is 4.79 Å². The van der Waals surface area contributed by atoms with E-state index in [4.69, 9.17) is 18.9 Å². The molecule has 0 saturated carbocycles. The van der Waals surface area contributed by atoms with Gasteiger partial charge in [-0.2, -0.15) is 0 Å². The molecule has 0 spiro atoms. The Morgan fingerprint density at radius 2 is 1.18 bits per heavy atom. The van der Waals surface area contributed by atoms with E-state index in [1.165, 1.54) is 35.4 Å². The van der Waals surface area contributed by atoms with E-state index in [-0.39, 0.29) is 45.3 Å². The van der Waals surface area contributed by atoms with Crippen molar-refractivity contribution in [3.63, 3.8) is 0 Å². The third-order valence-corrected chi connectivity index (χ3v) is 7.88. The number of hydrogen-bond acceptors (Lipinski definition) is 8. The highest BCUT2D eigenvalue weighted by atomic mass is 16.5. The molecule has 8 nitrogen and oxygen atoms in total. The second-order valence-corrected chi connectivity index (χ2v) is 10.1. The minimum absolute atomic E-state index is 0.0627. The van der Waals surface area contributed by atoms with Gasteiger partial charge in [-0.15, -0.1) is 0 Å². The van der Waals surface area contributed by atoms with Crippen LogP contribution in [0.4, 0.5) is 0 Å². The van der Waals surface area contributed by atoms with Crippen molar-refractivity contribution in [2.24, 2.45) is 0 Å². The van der Waals surface area contributed by atoms with Crippen LogP contribution in [0, 0.1) is 6.92 Å². The summed E-state index contributed by atoms with van der Waals surface area (Å²) in [4.78, 5) is 40.7. The molecule has 0 amide bonds. The highest BCUT2D eigenvalue weighted by Gasteiger charge is 2.46. The quantitative estimate of drug-likeness (QED) is 0.418. The van der Waals surface area contributed by atoms with Crippen LogP contribution in [-0.4, -0.2) is 50.9 Å². The molecule has 0 radical (unpaired) electrons. The smallest absolute Gasteiger partial charge is 0.201 e. The first-order valence-electron chi connectivity index (χ1n) is 12.7. The largest absolute Gasteiger partial charge is 0.507 e. The number of rotatable bonds is 6. The molecular weight excluding hydrogens is 512 g/mol. The van der Waals surface area contributed by atoms with Crippen LogP contribution in [0.1, 0.15) is 74.2 Å². The molecule has 3 aromatic rings. The summed E-state index contributed by atoms with van der Waals surface area (Å²) in [6, 6.07) is 10.2. The molecule has 40 heavy (non-hydrogen) atoms. The zero-order chi connectivity index (χ0) is 29.0. The molecule has 0 saturated heterocycles. The number of carbonyl (C=O) groups excluding carboxylic acids is 3. The van der Waals surface area contributed by atoms with E-state index in [1.807, 2.05) is 13.0 Å². The number of phenols is 1. The summed E-state index contributed by atoms with van der Waals surface area (Å²) in [6.45, 7) is 4.96. The zero-order valence-corrected chi connectivity index (χ0v) is 23.4. The van der Waals surface area contributed by atoms with Gasteiger partial charge in [-0.25, -0.2) is 0 Å². The van der Waals surface area contributed by atoms with Gasteiger partial charge in [-0.1, -0.05) is 11.6 Å². The van der Waals surface area contributed by atoms with Crippen molar-refractivity contribution in [1.29, 1.82) is 0 Å². The topological polar surface area (TPSA) is 108 Å². The molecule has 5 rings (SSSR count). The van der Waals surface area contributed by atoms with Crippen LogP contribution >= 0.6 is 0 Å². The molecule has 2 aliphatic rings. The number of phenolic OH excluding ortho intramolecular Hbond substituents is 1. The predicted molar refractivity (Wildman–Crippen MR) is 148 cm³/mol. The number of ether oxygens (including phenoxy) is 4. The highest BCUT2D eigenvalue weighted by molar-refractivity contribution is 6.28. The van der Waals surface area contributed by atoms with Crippen LogP contribution < -0.4 is 18.9 Å². The molecule has 1 N–H and O–H groups in total. The van der Waals surface area contributed by atoms with Gasteiger partial charge in [0.1, 0.15) is 28.7 Å². The number of carbonyl (C=O) groups is 3. The Balaban J connectivity index is 1.97. The zero-order valence-electron chi connectivity index (χ0n) is 23.4. The maximum absolute atomic E-state index is 14.0. The molecule has 3 aromatic carbocycles. The van der Waals surface area contributed by atoms with Gasteiger partial charge >= 0.3 is 0 Å². The van der Waals surface area contributed by atoms with Gasteiger partial charge in [0.2, 0.25) is 11.6 Å². The molecule has 0 bridgehead atoms. The Kier molecular flexibility index (Phi) is 6.66. The maximum Gasteiger partial charge on any atom is 0.201 e. The molecule has 2 aliphatic carbocycles. The lowest BCUT2D eigenvalue weighted by Gasteiger charge is -2.39. The highest BCUT2D eigenvalue weighted by Crippen LogP contribution is 2.56. The van der Waals surface area contributed by atoms with Gasteiger partial charge in [0.05, 0.1) is 50.7 Å². The number of Topliss-reactive ketones (excluding diaryl/α,β-unsaturated/α-hetero) is 2. The fraction of sp³-hybridized carbons (Fsp3) is 0.281. The molecule has 0 aromatic heterocycles.